The van der Waals surface area contributed by atoms with E-state index >= 15 is 0 Å². The standard InChI is InChI=1S/C16H15FO2/c1-11-7-9-13(10-8-11)16(18)12(2)19-15-6-4-3-5-14(15)17/h3-10,12H,1-2H3. The van der Waals surface area contributed by atoms with E-state index in [2.05, 4.69) is 0 Å². The van der Waals surface area contributed by atoms with Crippen molar-refractivity contribution in [2.24, 2.45) is 0 Å². The summed E-state index contributed by atoms with van der Waals surface area (Å²) in [7, 11) is 0. The number of aryl methyl sites for hydroxylation is 1. The van der Waals surface area contributed by atoms with Crippen molar-refractivity contribution < 1.29 is 13.9 Å². The largest absolute Gasteiger partial charge is 0.479 e. The van der Waals surface area contributed by atoms with Gasteiger partial charge in [-0.25, -0.2) is 4.39 Å². The molecule has 2 nitrogen and oxygen atoms in total. The lowest BCUT2D eigenvalue weighted by Gasteiger charge is -2.14. The van der Waals surface area contributed by atoms with Gasteiger partial charge in [0.25, 0.3) is 0 Å². The lowest BCUT2D eigenvalue weighted by atomic mass is 10.1. The smallest absolute Gasteiger partial charge is 0.202 e. The Kier molecular flexibility index (Phi) is 3.95. The number of rotatable bonds is 4. The molecule has 0 aliphatic heterocycles. The summed E-state index contributed by atoms with van der Waals surface area (Å²) >= 11 is 0. The first-order chi connectivity index (χ1) is 9.08. The fourth-order valence-electron chi connectivity index (χ4n) is 1.74. The average Bonchev–Trinajstić information content (AvgIpc) is 2.41. The van der Waals surface area contributed by atoms with Gasteiger partial charge >= 0.3 is 0 Å². The molecule has 98 valence electrons. The first kappa shape index (κ1) is 13.3. The maximum absolute atomic E-state index is 13.4. The van der Waals surface area contributed by atoms with Gasteiger partial charge in [0.15, 0.2) is 17.7 Å². The fourth-order valence-corrected chi connectivity index (χ4v) is 1.74. The zero-order chi connectivity index (χ0) is 13.8. The van der Waals surface area contributed by atoms with Crippen molar-refractivity contribution in [1.82, 2.24) is 0 Å². The monoisotopic (exact) mass is 258 g/mol. The van der Waals surface area contributed by atoms with Crippen molar-refractivity contribution in [1.29, 1.82) is 0 Å². The lowest BCUT2D eigenvalue weighted by Crippen LogP contribution is -2.24. The predicted octanol–water partition coefficient (Wildman–Crippen LogP) is 3.78. The molecule has 0 spiro atoms. The summed E-state index contributed by atoms with van der Waals surface area (Å²) in [6.07, 6.45) is -0.723. The van der Waals surface area contributed by atoms with Crippen LogP contribution in [0.15, 0.2) is 48.5 Å². The summed E-state index contributed by atoms with van der Waals surface area (Å²) in [6, 6.07) is 13.3. The number of ether oxygens (including phenoxy) is 1. The van der Waals surface area contributed by atoms with E-state index in [1.165, 1.54) is 12.1 Å². The number of carbonyl (C=O) groups is 1. The van der Waals surface area contributed by atoms with Crippen LogP contribution in [0, 0.1) is 12.7 Å². The molecule has 0 aliphatic rings. The summed E-state index contributed by atoms with van der Waals surface area (Å²) in [5.74, 6) is -0.537. The van der Waals surface area contributed by atoms with E-state index in [0.717, 1.165) is 5.56 Å². The third-order valence-corrected chi connectivity index (χ3v) is 2.85. The van der Waals surface area contributed by atoms with E-state index < -0.39 is 11.9 Å². The molecule has 0 saturated heterocycles. The van der Waals surface area contributed by atoms with Gasteiger partial charge in [0.2, 0.25) is 5.78 Å². The molecule has 0 N–H and O–H groups in total. The maximum Gasteiger partial charge on any atom is 0.202 e. The number of Topliss-reactive ketones (excluding diaryl/α,β-unsaturated/α-hetero) is 1. The summed E-state index contributed by atoms with van der Waals surface area (Å²) in [4.78, 5) is 12.1. The van der Waals surface area contributed by atoms with Crippen molar-refractivity contribution in [3.8, 4) is 5.75 Å². The summed E-state index contributed by atoms with van der Waals surface area (Å²) in [6.45, 7) is 3.57. The molecule has 0 amide bonds. The molecule has 1 unspecified atom stereocenters. The maximum atomic E-state index is 13.4. The second-order valence-electron chi connectivity index (χ2n) is 4.42. The number of hydrogen-bond acceptors (Lipinski definition) is 2. The lowest BCUT2D eigenvalue weighted by molar-refractivity contribution is 0.0812. The molecule has 3 heteroatoms. The minimum atomic E-state index is -0.723. The van der Waals surface area contributed by atoms with Gasteiger partial charge in [0.05, 0.1) is 0 Å². The molecule has 0 aliphatic carbocycles. The molecule has 0 heterocycles. The minimum absolute atomic E-state index is 0.0930. The third kappa shape index (κ3) is 3.19. The number of para-hydroxylation sites is 1. The Morgan fingerprint density at radius 3 is 2.37 bits per heavy atom. The number of benzene rings is 2. The van der Waals surface area contributed by atoms with Gasteiger partial charge in [-0.05, 0) is 26.0 Å². The summed E-state index contributed by atoms with van der Waals surface area (Å²) in [5.41, 5.74) is 1.65. The Balaban J connectivity index is 2.12. The van der Waals surface area contributed by atoms with E-state index in [0.29, 0.717) is 5.56 Å². The van der Waals surface area contributed by atoms with Crippen LogP contribution in [-0.2, 0) is 0 Å². The van der Waals surface area contributed by atoms with Crippen LogP contribution in [0.1, 0.15) is 22.8 Å². The van der Waals surface area contributed by atoms with Crippen molar-refractivity contribution in [2.75, 3.05) is 0 Å². The van der Waals surface area contributed by atoms with E-state index in [-0.39, 0.29) is 11.5 Å². The topological polar surface area (TPSA) is 26.3 Å². The molecule has 1 atom stereocenters. The molecule has 0 aromatic heterocycles. The molecule has 19 heavy (non-hydrogen) atoms. The predicted molar refractivity (Wildman–Crippen MR) is 72.0 cm³/mol. The van der Waals surface area contributed by atoms with Crippen molar-refractivity contribution in [3.63, 3.8) is 0 Å². The fraction of sp³-hybridized carbons (Fsp3) is 0.188. The van der Waals surface area contributed by atoms with Crippen LogP contribution < -0.4 is 4.74 Å². The highest BCUT2D eigenvalue weighted by Crippen LogP contribution is 2.18. The van der Waals surface area contributed by atoms with Crippen molar-refractivity contribution >= 4 is 5.78 Å². The van der Waals surface area contributed by atoms with Crippen LogP contribution in [0.25, 0.3) is 0 Å². The second-order valence-corrected chi connectivity index (χ2v) is 4.42. The highest BCUT2D eigenvalue weighted by molar-refractivity contribution is 5.99. The van der Waals surface area contributed by atoms with Crippen LogP contribution in [0.4, 0.5) is 4.39 Å². The van der Waals surface area contributed by atoms with E-state index in [9.17, 15) is 9.18 Å². The summed E-state index contributed by atoms with van der Waals surface area (Å²) < 4.78 is 18.8. The molecule has 0 fully saturated rings. The van der Waals surface area contributed by atoms with Gasteiger partial charge in [0.1, 0.15) is 0 Å². The zero-order valence-electron chi connectivity index (χ0n) is 10.9. The van der Waals surface area contributed by atoms with E-state index in [1.807, 2.05) is 19.1 Å². The van der Waals surface area contributed by atoms with Crippen LogP contribution in [-0.4, -0.2) is 11.9 Å². The number of ketones is 1. The van der Waals surface area contributed by atoms with Crippen LogP contribution >= 0.6 is 0 Å². The Hall–Kier alpha value is -2.16. The highest BCUT2D eigenvalue weighted by Gasteiger charge is 2.17. The summed E-state index contributed by atoms with van der Waals surface area (Å²) in [5, 5.41) is 0. The molecular weight excluding hydrogens is 243 g/mol. The Bertz CT molecular complexity index is 576. The van der Waals surface area contributed by atoms with Gasteiger partial charge < -0.3 is 4.74 Å². The quantitative estimate of drug-likeness (QED) is 0.780. The number of hydrogen-bond donors (Lipinski definition) is 0. The Morgan fingerprint density at radius 1 is 1.11 bits per heavy atom. The minimum Gasteiger partial charge on any atom is -0.479 e. The number of carbonyl (C=O) groups excluding carboxylic acids is 1. The number of halogens is 1. The average molecular weight is 258 g/mol. The van der Waals surface area contributed by atoms with Crippen LogP contribution in [0.5, 0.6) is 5.75 Å². The third-order valence-electron chi connectivity index (χ3n) is 2.85. The Morgan fingerprint density at radius 2 is 1.74 bits per heavy atom. The van der Waals surface area contributed by atoms with Crippen LogP contribution in [0.2, 0.25) is 0 Å². The molecule has 2 aromatic rings. The molecule has 2 rings (SSSR count). The first-order valence-corrected chi connectivity index (χ1v) is 6.10. The van der Waals surface area contributed by atoms with E-state index in [1.54, 1.807) is 31.2 Å². The van der Waals surface area contributed by atoms with Crippen LogP contribution in [0.3, 0.4) is 0 Å². The van der Waals surface area contributed by atoms with Gasteiger partial charge in [0, 0.05) is 5.56 Å². The van der Waals surface area contributed by atoms with Crippen molar-refractivity contribution in [3.05, 3.63) is 65.5 Å². The first-order valence-electron chi connectivity index (χ1n) is 6.10. The zero-order valence-corrected chi connectivity index (χ0v) is 10.9. The van der Waals surface area contributed by atoms with Gasteiger partial charge in [-0.2, -0.15) is 0 Å². The highest BCUT2D eigenvalue weighted by atomic mass is 19.1. The molecule has 0 radical (unpaired) electrons. The molecule has 0 saturated carbocycles. The normalized spacial score (nSPS) is 11.9. The van der Waals surface area contributed by atoms with Crippen molar-refractivity contribution in [2.45, 2.75) is 20.0 Å². The van der Waals surface area contributed by atoms with Gasteiger partial charge in [-0.15, -0.1) is 0 Å². The SMILES string of the molecule is Cc1ccc(C(=O)C(C)Oc2ccccc2F)cc1. The Labute approximate surface area is 111 Å². The second kappa shape index (κ2) is 5.65. The van der Waals surface area contributed by atoms with Gasteiger partial charge in [-0.1, -0.05) is 42.0 Å². The van der Waals surface area contributed by atoms with E-state index in [4.69, 9.17) is 4.74 Å². The van der Waals surface area contributed by atoms with Gasteiger partial charge in [-0.3, -0.25) is 4.79 Å². The molecule has 0 bridgehead atoms. The molecule has 2 aromatic carbocycles. The molecular formula is C16H15FO2.